The Kier molecular flexibility index (Phi) is 6.05. The van der Waals surface area contributed by atoms with Gasteiger partial charge in [-0.15, -0.1) is 0 Å². The Hall–Kier alpha value is -3.32. The highest BCUT2D eigenvalue weighted by molar-refractivity contribution is 5.96. The van der Waals surface area contributed by atoms with E-state index in [2.05, 4.69) is 41.0 Å². The van der Waals surface area contributed by atoms with Crippen molar-refractivity contribution in [2.75, 3.05) is 63.8 Å². The Morgan fingerprint density at radius 1 is 0.818 bits per heavy atom. The van der Waals surface area contributed by atoms with Crippen LogP contribution in [0.3, 0.4) is 0 Å². The average Bonchev–Trinajstić information content (AvgIpc) is 3.28. The zero-order valence-electron chi connectivity index (χ0n) is 19.1. The standard InChI is InChI=1S/C26H30N4O3/c1-20-5-4-7-22(17-20)28-13-15-29(16-14-28)25(31)19-27-9-11-30(12-10-27)26(32)24-18-21-6-2-3-8-23(21)33-24/h2-8,17-18H,9-16,19H2,1H3. The van der Waals surface area contributed by atoms with Gasteiger partial charge in [-0.05, 0) is 36.8 Å². The van der Waals surface area contributed by atoms with E-state index in [9.17, 15) is 9.59 Å². The van der Waals surface area contributed by atoms with Crippen molar-refractivity contribution >= 4 is 28.5 Å². The third kappa shape index (κ3) is 4.73. The quantitative estimate of drug-likeness (QED) is 0.617. The third-order valence-corrected chi connectivity index (χ3v) is 6.65. The van der Waals surface area contributed by atoms with Gasteiger partial charge in [0.15, 0.2) is 5.76 Å². The normalized spacial score (nSPS) is 17.5. The Morgan fingerprint density at radius 2 is 1.55 bits per heavy atom. The molecule has 2 fully saturated rings. The summed E-state index contributed by atoms with van der Waals surface area (Å²) >= 11 is 0. The Labute approximate surface area is 194 Å². The molecule has 3 aromatic rings. The maximum atomic E-state index is 12.9. The summed E-state index contributed by atoms with van der Waals surface area (Å²) in [6.45, 7) is 8.32. The summed E-state index contributed by atoms with van der Waals surface area (Å²) in [4.78, 5) is 34.0. The number of nitrogens with zero attached hydrogens (tertiary/aromatic N) is 4. The Morgan fingerprint density at radius 3 is 2.27 bits per heavy atom. The Balaban J connectivity index is 1.09. The summed E-state index contributed by atoms with van der Waals surface area (Å²) in [5, 5.41) is 0.938. The molecule has 5 rings (SSSR count). The first-order valence-electron chi connectivity index (χ1n) is 11.7. The van der Waals surface area contributed by atoms with Gasteiger partial charge in [0, 0.05) is 63.4 Å². The molecule has 0 bridgehead atoms. The molecule has 0 N–H and O–H groups in total. The fourth-order valence-corrected chi connectivity index (χ4v) is 4.68. The molecule has 0 saturated carbocycles. The van der Waals surface area contributed by atoms with Gasteiger partial charge in [0.1, 0.15) is 5.58 Å². The molecule has 0 radical (unpaired) electrons. The summed E-state index contributed by atoms with van der Waals surface area (Å²) in [6.07, 6.45) is 0. The van der Waals surface area contributed by atoms with E-state index in [4.69, 9.17) is 4.42 Å². The predicted octanol–water partition coefficient (Wildman–Crippen LogP) is 2.85. The largest absolute Gasteiger partial charge is 0.451 e. The van der Waals surface area contributed by atoms with Gasteiger partial charge in [0.25, 0.3) is 5.91 Å². The molecular formula is C26H30N4O3. The van der Waals surface area contributed by atoms with Gasteiger partial charge in [0.05, 0.1) is 6.54 Å². The molecule has 7 nitrogen and oxygen atoms in total. The van der Waals surface area contributed by atoms with Gasteiger partial charge in [-0.25, -0.2) is 0 Å². The van der Waals surface area contributed by atoms with Crippen LogP contribution in [0, 0.1) is 6.92 Å². The number of benzene rings is 2. The minimum Gasteiger partial charge on any atom is -0.451 e. The highest BCUT2D eigenvalue weighted by Crippen LogP contribution is 2.21. The van der Waals surface area contributed by atoms with E-state index in [1.165, 1.54) is 11.3 Å². The van der Waals surface area contributed by atoms with Crippen LogP contribution in [0.4, 0.5) is 5.69 Å². The van der Waals surface area contributed by atoms with Crippen LogP contribution in [0.25, 0.3) is 11.0 Å². The minimum atomic E-state index is -0.0792. The lowest BCUT2D eigenvalue weighted by Crippen LogP contribution is -2.54. The highest BCUT2D eigenvalue weighted by atomic mass is 16.3. The molecule has 0 unspecified atom stereocenters. The van der Waals surface area contributed by atoms with Crippen LogP contribution >= 0.6 is 0 Å². The van der Waals surface area contributed by atoms with E-state index in [1.807, 2.05) is 40.1 Å². The molecule has 2 amide bonds. The second-order valence-corrected chi connectivity index (χ2v) is 8.92. The topological polar surface area (TPSA) is 60.2 Å². The maximum Gasteiger partial charge on any atom is 0.289 e. The van der Waals surface area contributed by atoms with Gasteiger partial charge in [0.2, 0.25) is 5.91 Å². The number of anilines is 1. The summed E-state index contributed by atoms with van der Waals surface area (Å²) in [5.41, 5.74) is 3.21. The van der Waals surface area contributed by atoms with Gasteiger partial charge in [-0.3, -0.25) is 14.5 Å². The van der Waals surface area contributed by atoms with Crippen molar-refractivity contribution in [1.29, 1.82) is 0 Å². The molecule has 1 aromatic heterocycles. The van der Waals surface area contributed by atoms with Crippen molar-refractivity contribution in [1.82, 2.24) is 14.7 Å². The van der Waals surface area contributed by atoms with Crippen molar-refractivity contribution < 1.29 is 14.0 Å². The van der Waals surface area contributed by atoms with Crippen LogP contribution in [0.15, 0.2) is 59.0 Å². The number of carbonyl (C=O) groups excluding carboxylic acids is 2. The molecule has 2 aromatic carbocycles. The molecule has 0 aliphatic carbocycles. The molecule has 2 saturated heterocycles. The van der Waals surface area contributed by atoms with Gasteiger partial charge in [-0.1, -0.05) is 30.3 Å². The summed E-state index contributed by atoms with van der Waals surface area (Å²) in [7, 11) is 0. The van der Waals surface area contributed by atoms with Crippen molar-refractivity contribution in [2.24, 2.45) is 0 Å². The first-order valence-corrected chi connectivity index (χ1v) is 11.7. The number of carbonyl (C=O) groups is 2. The second kappa shape index (κ2) is 9.27. The number of amides is 2. The fraction of sp³-hybridized carbons (Fsp3) is 0.385. The molecule has 0 spiro atoms. The van der Waals surface area contributed by atoms with Crippen LogP contribution in [0.1, 0.15) is 16.1 Å². The molecular weight excluding hydrogens is 416 g/mol. The van der Waals surface area contributed by atoms with Crippen molar-refractivity contribution in [3.63, 3.8) is 0 Å². The lowest BCUT2D eigenvalue weighted by atomic mass is 10.2. The summed E-state index contributed by atoms with van der Waals surface area (Å²) in [6, 6.07) is 18.0. The minimum absolute atomic E-state index is 0.0792. The maximum absolute atomic E-state index is 12.9. The van der Waals surface area contributed by atoms with E-state index in [0.29, 0.717) is 38.5 Å². The molecule has 2 aliphatic rings. The zero-order valence-corrected chi connectivity index (χ0v) is 19.1. The van der Waals surface area contributed by atoms with Gasteiger partial charge in [-0.2, -0.15) is 0 Å². The van der Waals surface area contributed by atoms with Crippen molar-refractivity contribution in [2.45, 2.75) is 6.92 Å². The summed E-state index contributed by atoms with van der Waals surface area (Å²) in [5.74, 6) is 0.479. The smallest absolute Gasteiger partial charge is 0.289 e. The van der Waals surface area contributed by atoms with Crippen molar-refractivity contribution in [3.8, 4) is 0 Å². The van der Waals surface area contributed by atoms with E-state index in [1.54, 1.807) is 0 Å². The molecule has 33 heavy (non-hydrogen) atoms. The molecule has 3 heterocycles. The van der Waals surface area contributed by atoms with E-state index >= 15 is 0 Å². The number of para-hydroxylation sites is 1. The molecule has 172 valence electrons. The van der Waals surface area contributed by atoms with Gasteiger partial charge < -0.3 is 19.1 Å². The number of aryl methyl sites for hydroxylation is 1. The third-order valence-electron chi connectivity index (χ3n) is 6.65. The molecule has 7 heteroatoms. The lowest BCUT2D eigenvalue weighted by molar-refractivity contribution is -0.133. The lowest BCUT2D eigenvalue weighted by Gasteiger charge is -2.38. The van der Waals surface area contributed by atoms with Crippen LogP contribution in [0.5, 0.6) is 0 Å². The molecule has 2 aliphatic heterocycles. The van der Waals surface area contributed by atoms with E-state index < -0.39 is 0 Å². The highest BCUT2D eigenvalue weighted by Gasteiger charge is 2.27. The van der Waals surface area contributed by atoms with Crippen LogP contribution in [-0.2, 0) is 4.79 Å². The predicted molar refractivity (Wildman–Crippen MR) is 129 cm³/mol. The van der Waals surface area contributed by atoms with Crippen LogP contribution < -0.4 is 4.90 Å². The second-order valence-electron chi connectivity index (χ2n) is 8.92. The van der Waals surface area contributed by atoms with Crippen LogP contribution in [0.2, 0.25) is 0 Å². The molecule has 0 atom stereocenters. The number of fused-ring (bicyclic) bond motifs is 1. The number of rotatable bonds is 4. The van der Waals surface area contributed by atoms with Crippen molar-refractivity contribution in [3.05, 3.63) is 65.9 Å². The van der Waals surface area contributed by atoms with Gasteiger partial charge >= 0.3 is 0 Å². The number of piperazine rings is 2. The zero-order chi connectivity index (χ0) is 22.8. The van der Waals surface area contributed by atoms with E-state index in [0.717, 1.165) is 37.1 Å². The Bertz CT molecular complexity index is 1110. The summed E-state index contributed by atoms with van der Waals surface area (Å²) < 4.78 is 5.73. The first-order chi connectivity index (χ1) is 16.1. The number of hydrogen-bond donors (Lipinski definition) is 0. The monoisotopic (exact) mass is 446 g/mol. The SMILES string of the molecule is Cc1cccc(N2CCN(C(=O)CN3CCN(C(=O)c4cc5ccccc5o4)CC3)CC2)c1. The first kappa shape index (κ1) is 21.5. The van der Waals surface area contributed by atoms with Crippen LogP contribution in [-0.4, -0.2) is 85.4 Å². The number of furan rings is 1. The average molecular weight is 447 g/mol. The fourth-order valence-electron chi connectivity index (χ4n) is 4.68. The van der Waals surface area contributed by atoms with E-state index in [-0.39, 0.29) is 11.8 Å². The number of hydrogen-bond acceptors (Lipinski definition) is 5.